The first-order valence-electron chi connectivity index (χ1n) is 7.57. The second-order valence-corrected chi connectivity index (χ2v) is 7.48. The summed E-state index contributed by atoms with van der Waals surface area (Å²) >= 11 is 0. The van der Waals surface area contributed by atoms with E-state index in [1.807, 2.05) is 23.9 Å². The largest absolute Gasteiger partial charge is 0.378 e. The molecule has 1 N–H and O–H groups in total. The minimum absolute atomic E-state index is 0.107. The van der Waals surface area contributed by atoms with E-state index in [1.165, 1.54) is 12.1 Å². The van der Waals surface area contributed by atoms with Gasteiger partial charge in [0.15, 0.2) is 0 Å². The Labute approximate surface area is 141 Å². The molecule has 2 rings (SSSR count). The number of hydrogen-bond donors (Lipinski definition) is 1. The van der Waals surface area contributed by atoms with Gasteiger partial charge in [0.1, 0.15) is 5.69 Å². The molecule has 0 spiro atoms. The van der Waals surface area contributed by atoms with Gasteiger partial charge in [-0.25, -0.2) is 13.1 Å². The summed E-state index contributed by atoms with van der Waals surface area (Å²) < 4.78 is 32.3. The normalized spacial score (nSPS) is 15.7. The molecule has 0 amide bonds. The van der Waals surface area contributed by atoms with Crippen LogP contribution in [0.5, 0.6) is 0 Å². The van der Waals surface area contributed by atoms with E-state index in [9.17, 15) is 18.5 Å². The lowest BCUT2D eigenvalue weighted by Crippen LogP contribution is -2.36. The Morgan fingerprint density at radius 2 is 2.00 bits per heavy atom. The van der Waals surface area contributed by atoms with E-state index < -0.39 is 14.9 Å². The SMILES string of the molecule is CN(C)CCNS(=O)(=O)c1ccc(N2CCOCC2)c([N+](=O)[O-])c1. The Morgan fingerprint density at radius 1 is 1.33 bits per heavy atom. The van der Waals surface area contributed by atoms with Gasteiger partial charge in [0, 0.05) is 32.2 Å². The second kappa shape index (κ2) is 7.88. The summed E-state index contributed by atoms with van der Waals surface area (Å²) in [6, 6.07) is 4.00. The number of likely N-dealkylation sites (N-methyl/N-ethyl adjacent to an activating group) is 1. The van der Waals surface area contributed by atoms with Crippen molar-refractivity contribution in [2.24, 2.45) is 0 Å². The molecule has 0 aliphatic carbocycles. The van der Waals surface area contributed by atoms with Gasteiger partial charge in [-0.1, -0.05) is 0 Å². The molecule has 0 aromatic heterocycles. The molecule has 24 heavy (non-hydrogen) atoms. The lowest BCUT2D eigenvalue weighted by molar-refractivity contribution is -0.384. The fourth-order valence-corrected chi connectivity index (χ4v) is 3.42. The topological polar surface area (TPSA) is 105 Å². The van der Waals surface area contributed by atoms with Crippen molar-refractivity contribution < 1.29 is 18.1 Å². The molecule has 0 saturated carbocycles. The third kappa shape index (κ3) is 4.63. The van der Waals surface area contributed by atoms with Gasteiger partial charge in [0.2, 0.25) is 10.0 Å². The molecule has 1 aromatic carbocycles. The van der Waals surface area contributed by atoms with E-state index >= 15 is 0 Å². The molecule has 10 heteroatoms. The molecule has 1 aliphatic rings. The predicted molar refractivity (Wildman–Crippen MR) is 89.9 cm³/mol. The third-order valence-corrected chi connectivity index (χ3v) is 5.12. The highest BCUT2D eigenvalue weighted by molar-refractivity contribution is 7.89. The maximum absolute atomic E-state index is 12.3. The van der Waals surface area contributed by atoms with Crippen LogP contribution in [0, 0.1) is 10.1 Å². The van der Waals surface area contributed by atoms with Gasteiger partial charge < -0.3 is 14.5 Å². The van der Waals surface area contributed by atoms with Crippen molar-refractivity contribution in [3.05, 3.63) is 28.3 Å². The summed E-state index contributed by atoms with van der Waals surface area (Å²) in [4.78, 5) is 14.4. The molecular formula is C14H22N4O5S. The average molecular weight is 358 g/mol. The Bertz CT molecular complexity index is 686. The van der Waals surface area contributed by atoms with Gasteiger partial charge >= 0.3 is 0 Å². The van der Waals surface area contributed by atoms with Crippen molar-refractivity contribution in [3.8, 4) is 0 Å². The Kier molecular flexibility index (Phi) is 6.10. The number of morpholine rings is 1. The number of rotatable bonds is 7. The predicted octanol–water partition coefficient (Wildman–Crippen LogP) is 0.271. The van der Waals surface area contributed by atoms with Crippen molar-refractivity contribution in [2.45, 2.75) is 4.90 Å². The van der Waals surface area contributed by atoms with Crippen molar-refractivity contribution in [3.63, 3.8) is 0 Å². The van der Waals surface area contributed by atoms with Crippen LogP contribution in [0.1, 0.15) is 0 Å². The number of ether oxygens (including phenoxy) is 1. The number of hydrogen-bond acceptors (Lipinski definition) is 7. The smallest absolute Gasteiger partial charge is 0.293 e. The molecule has 0 radical (unpaired) electrons. The number of anilines is 1. The number of sulfonamides is 1. The molecule has 0 atom stereocenters. The van der Waals surface area contributed by atoms with E-state index in [4.69, 9.17) is 4.74 Å². The van der Waals surface area contributed by atoms with Crippen molar-refractivity contribution >= 4 is 21.4 Å². The molecule has 134 valence electrons. The molecule has 1 aromatic rings. The van der Waals surface area contributed by atoms with Crippen molar-refractivity contribution in [1.29, 1.82) is 0 Å². The van der Waals surface area contributed by atoms with Crippen LogP contribution in [0.25, 0.3) is 0 Å². The molecule has 0 bridgehead atoms. The lowest BCUT2D eigenvalue weighted by atomic mass is 10.2. The van der Waals surface area contributed by atoms with Gasteiger partial charge in [-0.3, -0.25) is 10.1 Å². The van der Waals surface area contributed by atoms with E-state index in [-0.39, 0.29) is 17.1 Å². The first kappa shape index (κ1) is 18.6. The second-order valence-electron chi connectivity index (χ2n) is 5.71. The van der Waals surface area contributed by atoms with Crippen LogP contribution >= 0.6 is 0 Å². The van der Waals surface area contributed by atoms with E-state index in [0.29, 0.717) is 38.5 Å². The van der Waals surface area contributed by atoms with E-state index in [1.54, 1.807) is 0 Å². The summed E-state index contributed by atoms with van der Waals surface area (Å²) in [6.07, 6.45) is 0. The quantitative estimate of drug-likeness (QED) is 0.551. The van der Waals surface area contributed by atoms with Gasteiger partial charge in [-0.15, -0.1) is 0 Å². The molecule has 9 nitrogen and oxygen atoms in total. The van der Waals surface area contributed by atoms with Gasteiger partial charge in [0.25, 0.3) is 5.69 Å². The number of nitrogens with one attached hydrogen (secondary N) is 1. The zero-order valence-electron chi connectivity index (χ0n) is 13.8. The van der Waals surface area contributed by atoms with Gasteiger partial charge in [0.05, 0.1) is 23.0 Å². The maximum atomic E-state index is 12.3. The maximum Gasteiger partial charge on any atom is 0.293 e. The van der Waals surface area contributed by atoms with Crippen LogP contribution in [-0.4, -0.2) is 71.7 Å². The summed E-state index contributed by atoms with van der Waals surface area (Å²) in [5.41, 5.74) is 0.197. The first-order valence-corrected chi connectivity index (χ1v) is 9.05. The molecule has 1 aliphatic heterocycles. The summed E-state index contributed by atoms with van der Waals surface area (Å²) in [5.74, 6) is 0. The average Bonchev–Trinajstić information content (AvgIpc) is 2.54. The summed E-state index contributed by atoms with van der Waals surface area (Å²) in [5, 5.41) is 11.4. The van der Waals surface area contributed by atoms with Crippen LogP contribution < -0.4 is 9.62 Å². The third-order valence-electron chi connectivity index (χ3n) is 3.66. The van der Waals surface area contributed by atoms with E-state index in [2.05, 4.69) is 4.72 Å². The minimum Gasteiger partial charge on any atom is -0.378 e. The van der Waals surface area contributed by atoms with Crippen LogP contribution in [0.15, 0.2) is 23.1 Å². The lowest BCUT2D eigenvalue weighted by Gasteiger charge is -2.28. The number of nitro benzene ring substituents is 1. The number of nitrogens with zero attached hydrogens (tertiary/aromatic N) is 3. The fraction of sp³-hybridized carbons (Fsp3) is 0.571. The summed E-state index contributed by atoms with van der Waals surface area (Å²) in [7, 11) is -0.125. The van der Waals surface area contributed by atoms with Crippen LogP contribution in [0.2, 0.25) is 0 Å². The zero-order chi connectivity index (χ0) is 17.7. The van der Waals surface area contributed by atoms with Crippen molar-refractivity contribution in [1.82, 2.24) is 9.62 Å². The molecule has 0 unspecified atom stereocenters. The van der Waals surface area contributed by atoms with Crippen LogP contribution in [0.3, 0.4) is 0 Å². The Hall–Kier alpha value is -1.75. The van der Waals surface area contributed by atoms with Crippen molar-refractivity contribution in [2.75, 3.05) is 58.4 Å². The Balaban J connectivity index is 2.26. The first-order chi connectivity index (χ1) is 11.3. The molecular weight excluding hydrogens is 336 g/mol. The highest BCUT2D eigenvalue weighted by atomic mass is 32.2. The van der Waals surface area contributed by atoms with Gasteiger partial charge in [-0.2, -0.15) is 0 Å². The standard InChI is InChI=1S/C14H22N4O5S/c1-16(2)6-5-15-24(21,22)12-3-4-13(14(11-12)18(19)20)17-7-9-23-10-8-17/h3-4,11,15H,5-10H2,1-2H3. The Morgan fingerprint density at radius 3 is 2.58 bits per heavy atom. The van der Waals surface area contributed by atoms with Gasteiger partial charge in [-0.05, 0) is 26.2 Å². The van der Waals surface area contributed by atoms with Crippen LogP contribution in [-0.2, 0) is 14.8 Å². The number of benzene rings is 1. The molecule has 1 heterocycles. The fourth-order valence-electron chi connectivity index (χ4n) is 2.38. The molecule has 1 fully saturated rings. The zero-order valence-corrected chi connectivity index (χ0v) is 14.6. The highest BCUT2D eigenvalue weighted by Crippen LogP contribution is 2.31. The summed E-state index contributed by atoms with van der Waals surface area (Å²) in [6.45, 7) is 2.82. The minimum atomic E-state index is -3.78. The monoisotopic (exact) mass is 358 g/mol. The number of nitro groups is 1. The highest BCUT2D eigenvalue weighted by Gasteiger charge is 2.25. The van der Waals surface area contributed by atoms with E-state index in [0.717, 1.165) is 6.07 Å². The molecule has 1 saturated heterocycles. The van der Waals surface area contributed by atoms with Crippen LogP contribution in [0.4, 0.5) is 11.4 Å².